The number of hydrogen-bond acceptors (Lipinski definition) is 6. The van der Waals surface area contributed by atoms with Crippen molar-refractivity contribution in [1.29, 1.82) is 0 Å². The van der Waals surface area contributed by atoms with Gasteiger partial charge in [0.05, 0.1) is 7.11 Å². The number of unbranched alkanes of at least 4 members (excludes halogenated alkanes) is 1. The number of carbonyl (C=O) groups excluding carboxylic acids is 2. The number of methoxy groups -OCH3 is 1. The molecule has 196 valence electrons. The molecule has 3 unspecified atom stereocenters. The highest BCUT2D eigenvalue weighted by molar-refractivity contribution is 5.99. The van der Waals surface area contributed by atoms with Crippen LogP contribution in [0.4, 0.5) is 4.79 Å². The first-order valence-corrected chi connectivity index (χ1v) is 12.7. The first-order chi connectivity index (χ1) is 17.2. The summed E-state index contributed by atoms with van der Waals surface area (Å²) in [5.74, 6) is -1.11. The van der Waals surface area contributed by atoms with Gasteiger partial charge >= 0.3 is 11.7 Å². The Morgan fingerprint density at radius 1 is 1.14 bits per heavy atom. The van der Waals surface area contributed by atoms with Crippen molar-refractivity contribution in [3.8, 4) is 5.75 Å². The van der Waals surface area contributed by atoms with E-state index in [-0.39, 0.29) is 23.1 Å². The van der Waals surface area contributed by atoms with Crippen LogP contribution in [0, 0.1) is 11.8 Å². The van der Waals surface area contributed by atoms with Crippen molar-refractivity contribution in [2.45, 2.75) is 72.1 Å². The number of allylic oxidation sites excluding steroid dienone is 1. The fraction of sp³-hybridized carbons (Fsp3) is 0.483. The largest absolute Gasteiger partial charge is 0.507 e. The third kappa shape index (κ3) is 8.40. The fourth-order valence-corrected chi connectivity index (χ4v) is 3.98. The van der Waals surface area contributed by atoms with Crippen LogP contribution in [-0.4, -0.2) is 24.1 Å². The highest BCUT2D eigenvalue weighted by Gasteiger charge is 2.28. The normalized spacial score (nSPS) is 13.8. The Labute approximate surface area is 213 Å². The summed E-state index contributed by atoms with van der Waals surface area (Å²) in [6, 6.07) is 9.83. The van der Waals surface area contributed by atoms with E-state index < -0.39 is 23.4 Å². The van der Waals surface area contributed by atoms with E-state index in [1.807, 2.05) is 13.8 Å². The Kier molecular flexibility index (Phi) is 11.4. The third-order valence-corrected chi connectivity index (χ3v) is 6.62. The smallest absolute Gasteiger partial charge is 0.410 e. The molecule has 0 saturated carbocycles. The highest BCUT2D eigenvalue weighted by Crippen LogP contribution is 2.28. The van der Waals surface area contributed by atoms with Gasteiger partial charge in [-0.25, -0.2) is 9.59 Å². The first kappa shape index (κ1) is 28.9. The summed E-state index contributed by atoms with van der Waals surface area (Å²) in [6.07, 6.45) is 7.98. The zero-order valence-electron chi connectivity index (χ0n) is 22.0. The molecule has 3 atom stereocenters. The maximum absolute atomic E-state index is 13.1. The summed E-state index contributed by atoms with van der Waals surface area (Å²) in [5, 5.41) is 13.0. The third-order valence-electron chi connectivity index (χ3n) is 6.62. The van der Waals surface area contributed by atoms with Crippen LogP contribution in [0.25, 0.3) is 0 Å². The standard InChI is InChI=1S/C29H39NO6/c1-6-7-11-22-12-14-23(15-13-22)17-20(3)21(4)27(32)26-24(31)18-25(36-28(26)33)19(2)10-8-9-16-30-29(34)35-5/h9,12-16,18-21,31H,6-8,10-11,17H2,1-5H3,(H,30,34)/b16-9+. The molecule has 2 N–H and O–H groups in total. The molecule has 0 aliphatic carbocycles. The van der Waals surface area contributed by atoms with Crippen molar-refractivity contribution in [2.24, 2.45) is 11.8 Å². The lowest BCUT2D eigenvalue weighted by molar-refractivity contribution is 0.0885. The van der Waals surface area contributed by atoms with Crippen LogP contribution in [0.15, 0.2) is 51.8 Å². The minimum absolute atomic E-state index is 0.0261. The van der Waals surface area contributed by atoms with E-state index in [9.17, 15) is 19.5 Å². The molecule has 2 aromatic rings. The molecule has 1 aromatic heterocycles. The molecule has 1 amide bonds. The Hall–Kier alpha value is -3.35. The van der Waals surface area contributed by atoms with Crippen LogP contribution in [0.1, 0.15) is 86.5 Å². The summed E-state index contributed by atoms with van der Waals surface area (Å²) in [4.78, 5) is 36.8. The molecule has 2 rings (SSSR count). The Bertz CT molecular complexity index is 1090. The van der Waals surface area contributed by atoms with E-state index >= 15 is 0 Å². The minimum atomic E-state index is -0.816. The van der Waals surface area contributed by atoms with Crippen LogP contribution < -0.4 is 10.9 Å². The Morgan fingerprint density at radius 3 is 2.42 bits per heavy atom. The number of ether oxygens (including phenoxy) is 1. The molecular weight excluding hydrogens is 458 g/mol. The molecule has 0 spiro atoms. The predicted octanol–water partition coefficient (Wildman–Crippen LogP) is 6.14. The van der Waals surface area contributed by atoms with Crippen molar-refractivity contribution < 1.29 is 23.8 Å². The second-order valence-electron chi connectivity index (χ2n) is 9.47. The maximum Gasteiger partial charge on any atom is 0.410 e. The average molecular weight is 498 g/mol. The van der Waals surface area contributed by atoms with Gasteiger partial charge in [0.25, 0.3) is 0 Å². The van der Waals surface area contributed by atoms with E-state index in [2.05, 4.69) is 41.2 Å². The number of rotatable bonds is 13. The lowest BCUT2D eigenvalue weighted by Gasteiger charge is -2.19. The van der Waals surface area contributed by atoms with Crippen LogP contribution in [0.5, 0.6) is 5.75 Å². The average Bonchev–Trinajstić information content (AvgIpc) is 2.86. The number of carbonyl (C=O) groups is 2. The monoisotopic (exact) mass is 497 g/mol. The lowest BCUT2D eigenvalue weighted by Crippen LogP contribution is -2.26. The molecule has 0 radical (unpaired) electrons. The molecule has 7 nitrogen and oxygen atoms in total. The van der Waals surface area contributed by atoms with Gasteiger partial charge in [-0.3, -0.25) is 10.1 Å². The fourth-order valence-electron chi connectivity index (χ4n) is 3.98. The van der Waals surface area contributed by atoms with Gasteiger partial charge < -0.3 is 14.3 Å². The van der Waals surface area contributed by atoms with Gasteiger partial charge in [0.1, 0.15) is 17.1 Å². The topological polar surface area (TPSA) is 106 Å². The van der Waals surface area contributed by atoms with E-state index in [0.717, 1.165) is 24.8 Å². The predicted molar refractivity (Wildman–Crippen MR) is 140 cm³/mol. The summed E-state index contributed by atoms with van der Waals surface area (Å²) >= 11 is 0. The molecule has 7 heteroatoms. The first-order valence-electron chi connectivity index (χ1n) is 12.7. The zero-order valence-corrected chi connectivity index (χ0v) is 22.0. The molecule has 1 heterocycles. The Balaban J connectivity index is 2.02. The molecule has 36 heavy (non-hydrogen) atoms. The summed E-state index contributed by atoms with van der Waals surface area (Å²) in [6.45, 7) is 7.80. The van der Waals surface area contributed by atoms with Crippen LogP contribution in [0.2, 0.25) is 0 Å². The van der Waals surface area contributed by atoms with E-state index in [1.165, 1.54) is 24.9 Å². The van der Waals surface area contributed by atoms with Crippen molar-refractivity contribution in [3.05, 3.63) is 75.5 Å². The molecule has 0 saturated heterocycles. The quantitative estimate of drug-likeness (QED) is 0.322. The minimum Gasteiger partial charge on any atom is -0.507 e. The molecular formula is C29H39NO6. The van der Waals surface area contributed by atoms with Crippen molar-refractivity contribution in [1.82, 2.24) is 5.32 Å². The number of nitrogens with one attached hydrogen (secondary N) is 1. The zero-order chi connectivity index (χ0) is 26.7. The van der Waals surface area contributed by atoms with Gasteiger partial charge in [-0.1, -0.05) is 64.5 Å². The number of ketones is 1. The second kappa shape index (κ2) is 14.3. The summed E-state index contributed by atoms with van der Waals surface area (Å²) in [5.41, 5.74) is 1.34. The van der Waals surface area contributed by atoms with Gasteiger partial charge in [0.2, 0.25) is 0 Å². The van der Waals surface area contributed by atoms with Gasteiger partial charge in [0, 0.05) is 24.1 Å². The molecule has 0 aliphatic rings. The number of benzene rings is 1. The van der Waals surface area contributed by atoms with Gasteiger partial charge in [-0.2, -0.15) is 0 Å². The number of alkyl carbamates (subject to hydrolysis) is 1. The number of aromatic hydroxyl groups is 1. The number of Topliss-reactive ketones (excluding diaryl/α,β-unsaturated/α-hetero) is 1. The van der Waals surface area contributed by atoms with Gasteiger partial charge in [-0.05, 0) is 49.1 Å². The number of aryl methyl sites for hydroxylation is 1. The highest BCUT2D eigenvalue weighted by atomic mass is 16.5. The van der Waals surface area contributed by atoms with E-state index in [0.29, 0.717) is 25.0 Å². The second-order valence-corrected chi connectivity index (χ2v) is 9.47. The van der Waals surface area contributed by atoms with Gasteiger partial charge in [0.15, 0.2) is 5.78 Å². The molecule has 0 fully saturated rings. The van der Waals surface area contributed by atoms with Crippen molar-refractivity contribution in [3.63, 3.8) is 0 Å². The van der Waals surface area contributed by atoms with E-state index in [1.54, 1.807) is 13.0 Å². The van der Waals surface area contributed by atoms with Crippen molar-refractivity contribution >= 4 is 11.9 Å². The SMILES string of the molecule is CCCCc1ccc(CC(C)C(C)C(=O)c2c(O)cc(C(C)CC/C=C/NC(=O)OC)oc2=O)cc1. The summed E-state index contributed by atoms with van der Waals surface area (Å²) < 4.78 is 9.90. The molecule has 0 bridgehead atoms. The number of hydrogen-bond donors (Lipinski definition) is 2. The summed E-state index contributed by atoms with van der Waals surface area (Å²) in [7, 11) is 1.28. The van der Waals surface area contributed by atoms with E-state index in [4.69, 9.17) is 4.42 Å². The van der Waals surface area contributed by atoms with Crippen LogP contribution in [-0.2, 0) is 17.6 Å². The maximum atomic E-state index is 13.1. The molecule has 0 aliphatic heterocycles. The van der Waals surface area contributed by atoms with Gasteiger partial charge in [-0.15, -0.1) is 0 Å². The number of amides is 1. The lowest BCUT2D eigenvalue weighted by atomic mass is 9.84. The van der Waals surface area contributed by atoms with Crippen molar-refractivity contribution in [2.75, 3.05) is 7.11 Å². The van der Waals surface area contributed by atoms with Crippen LogP contribution >= 0.6 is 0 Å². The van der Waals surface area contributed by atoms with Crippen LogP contribution in [0.3, 0.4) is 0 Å². The Morgan fingerprint density at radius 2 is 1.81 bits per heavy atom. The molecule has 1 aromatic carbocycles.